The van der Waals surface area contributed by atoms with E-state index in [-0.39, 0.29) is 0 Å². The maximum Gasteiger partial charge on any atom is 0.224 e. The molecule has 2 aliphatic rings. The third kappa shape index (κ3) is 5.60. The molecule has 0 atom stereocenters. The van der Waals surface area contributed by atoms with Crippen LogP contribution in [0.25, 0.3) is 10.2 Å². The smallest absolute Gasteiger partial charge is 0.224 e. The van der Waals surface area contributed by atoms with E-state index in [1.165, 1.54) is 17.7 Å². The Hall–Kier alpha value is -1.03. The standard InChI is InChI=1S/C21H32ClN5O2S/c1-25(7-10-28-2)14-16-3-5-26(6-4-16)15-17-13-18-19(30-17)20(24-21(22)23-18)27-8-11-29-12-9-27/h13,16H,3-12,14-15H2,1-2H3. The Morgan fingerprint density at radius 2 is 2.00 bits per heavy atom. The predicted octanol–water partition coefficient (Wildman–Crippen LogP) is 2.97. The monoisotopic (exact) mass is 453 g/mol. The number of hydrogen-bond donors (Lipinski definition) is 0. The number of fused-ring (bicyclic) bond motifs is 1. The average molecular weight is 454 g/mol. The Morgan fingerprint density at radius 1 is 1.23 bits per heavy atom. The van der Waals surface area contributed by atoms with Crippen LogP contribution in [0.2, 0.25) is 5.28 Å². The fraction of sp³-hybridized carbons (Fsp3) is 0.714. The summed E-state index contributed by atoms with van der Waals surface area (Å²) in [7, 11) is 3.96. The maximum absolute atomic E-state index is 6.24. The van der Waals surface area contributed by atoms with E-state index in [0.29, 0.717) is 5.28 Å². The molecule has 9 heteroatoms. The number of piperidine rings is 1. The zero-order valence-corrected chi connectivity index (χ0v) is 19.6. The Balaban J connectivity index is 1.37. The van der Waals surface area contributed by atoms with E-state index < -0.39 is 0 Å². The first-order chi connectivity index (χ1) is 14.6. The molecule has 7 nitrogen and oxygen atoms in total. The molecule has 0 N–H and O–H groups in total. The first-order valence-electron chi connectivity index (χ1n) is 10.8. The molecule has 0 saturated carbocycles. The van der Waals surface area contributed by atoms with Crippen molar-refractivity contribution in [1.29, 1.82) is 0 Å². The number of rotatable bonds is 8. The number of methoxy groups -OCH3 is 1. The second-order valence-corrected chi connectivity index (χ2v) is 9.79. The first kappa shape index (κ1) is 22.2. The molecule has 0 amide bonds. The Kier molecular flexibility index (Phi) is 7.78. The van der Waals surface area contributed by atoms with Crippen molar-refractivity contribution in [1.82, 2.24) is 19.8 Å². The van der Waals surface area contributed by atoms with Crippen LogP contribution in [0.3, 0.4) is 0 Å². The molecule has 0 aromatic carbocycles. The average Bonchev–Trinajstić information content (AvgIpc) is 3.15. The van der Waals surface area contributed by atoms with Crippen molar-refractivity contribution in [2.24, 2.45) is 5.92 Å². The third-order valence-corrected chi connectivity index (χ3v) is 7.30. The quantitative estimate of drug-likeness (QED) is 0.569. The van der Waals surface area contributed by atoms with Crippen LogP contribution in [-0.4, -0.2) is 93.0 Å². The van der Waals surface area contributed by atoms with E-state index in [1.54, 1.807) is 7.11 Å². The maximum atomic E-state index is 6.24. The summed E-state index contributed by atoms with van der Waals surface area (Å²) >= 11 is 8.05. The van der Waals surface area contributed by atoms with Crippen LogP contribution >= 0.6 is 22.9 Å². The normalized spacial score (nSPS) is 19.3. The van der Waals surface area contributed by atoms with Crippen LogP contribution < -0.4 is 4.90 Å². The number of morpholine rings is 1. The molecular weight excluding hydrogens is 422 g/mol. The highest BCUT2D eigenvalue weighted by Gasteiger charge is 2.23. The number of anilines is 1. The van der Waals surface area contributed by atoms with Gasteiger partial charge in [0.2, 0.25) is 5.28 Å². The molecule has 2 aromatic rings. The first-order valence-corrected chi connectivity index (χ1v) is 12.0. The van der Waals surface area contributed by atoms with Gasteiger partial charge >= 0.3 is 0 Å². The lowest BCUT2D eigenvalue weighted by molar-refractivity contribution is 0.122. The molecule has 0 bridgehead atoms. The lowest BCUT2D eigenvalue weighted by atomic mass is 9.96. The molecule has 0 unspecified atom stereocenters. The van der Waals surface area contributed by atoms with Crippen LogP contribution in [0.4, 0.5) is 5.82 Å². The van der Waals surface area contributed by atoms with E-state index in [2.05, 4.69) is 37.8 Å². The van der Waals surface area contributed by atoms with Crippen molar-refractivity contribution >= 4 is 39.0 Å². The van der Waals surface area contributed by atoms with Gasteiger partial charge in [0.25, 0.3) is 0 Å². The molecule has 2 saturated heterocycles. The minimum Gasteiger partial charge on any atom is -0.383 e. The van der Waals surface area contributed by atoms with Crippen molar-refractivity contribution < 1.29 is 9.47 Å². The highest BCUT2D eigenvalue weighted by atomic mass is 35.5. The van der Waals surface area contributed by atoms with Gasteiger partial charge in [-0.1, -0.05) is 0 Å². The van der Waals surface area contributed by atoms with Gasteiger partial charge in [0, 0.05) is 44.7 Å². The van der Waals surface area contributed by atoms with E-state index in [9.17, 15) is 0 Å². The van der Waals surface area contributed by atoms with Gasteiger partial charge in [0.1, 0.15) is 0 Å². The van der Waals surface area contributed by atoms with Gasteiger partial charge in [-0.05, 0) is 56.6 Å². The molecule has 2 aliphatic heterocycles. The minimum atomic E-state index is 0.326. The topological polar surface area (TPSA) is 54.0 Å². The number of likely N-dealkylation sites (tertiary alicyclic amines) is 1. The zero-order chi connectivity index (χ0) is 20.9. The van der Waals surface area contributed by atoms with E-state index in [0.717, 1.165) is 87.6 Å². The molecule has 166 valence electrons. The van der Waals surface area contributed by atoms with Crippen LogP contribution in [0, 0.1) is 5.92 Å². The van der Waals surface area contributed by atoms with Gasteiger partial charge in [-0.25, -0.2) is 4.98 Å². The number of aromatic nitrogens is 2. The van der Waals surface area contributed by atoms with Gasteiger partial charge in [-0.3, -0.25) is 4.90 Å². The molecule has 2 fully saturated rings. The van der Waals surface area contributed by atoms with Gasteiger partial charge in [-0.15, -0.1) is 11.3 Å². The highest BCUT2D eigenvalue weighted by Crippen LogP contribution is 2.34. The molecule has 0 spiro atoms. The lowest BCUT2D eigenvalue weighted by Gasteiger charge is -2.33. The van der Waals surface area contributed by atoms with Gasteiger partial charge < -0.3 is 19.3 Å². The second kappa shape index (κ2) is 10.5. The Labute approximate surface area is 187 Å². The van der Waals surface area contributed by atoms with Crippen LogP contribution in [0.15, 0.2) is 6.07 Å². The third-order valence-electron chi connectivity index (χ3n) is 6.02. The Morgan fingerprint density at radius 3 is 2.73 bits per heavy atom. The fourth-order valence-electron chi connectivity index (χ4n) is 4.33. The minimum absolute atomic E-state index is 0.326. The summed E-state index contributed by atoms with van der Waals surface area (Å²) in [5.41, 5.74) is 0.964. The number of likely N-dealkylation sites (N-methyl/N-ethyl adjacent to an activating group) is 1. The predicted molar refractivity (Wildman–Crippen MR) is 123 cm³/mol. The highest BCUT2D eigenvalue weighted by molar-refractivity contribution is 7.19. The summed E-state index contributed by atoms with van der Waals surface area (Å²) in [6.07, 6.45) is 2.51. The van der Waals surface area contributed by atoms with Crippen molar-refractivity contribution in [3.63, 3.8) is 0 Å². The van der Waals surface area contributed by atoms with Crippen molar-refractivity contribution in [3.8, 4) is 0 Å². The number of hydrogen-bond acceptors (Lipinski definition) is 8. The van der Waals surface area contributed by atoms with Crippen LogP contribution in [-0.2, 0) is 16.0 Å². The summed E-state index contributed by atoms with van der Waals surface area (Å²) in [6.45, 7) is 9.43. The summed E-state index contributed by atoms with van der Waals surface area (Å²) < 4.78 is 11.8. The lowest BCUT2D eigenvalue weighted by Crippen LogP contribution is -2.38. The van der Waals surface area contributed by atoms with Crippen molar-refractivity contribution in [2.75, 3.05) is 78.1 Å². The summed E-state index contributed by atoms with van der Waals surface area (Å²) in [6, 6.07) is 2.20. The SMILES string of the molecule is COCCN(C)CC1CCN(Cc2cc3nc(Cl)nc(N4CCOCC4)c3s2)CC1. The second-order valence-electron chi connectivity index (χ2n) is 8.32. The number of ether oxygens (including phenoxy) is 2. The van der Waals surface area contributed by atoms with Gasteiger partial charge in [0.05, 0.1) is 30.0 Å². The van der Waals surface area contributed by atoms with Crippen LogP contribution in [0.5, 0.6) is 0 Å². The molecule has 2 aromatic heterocycles. The summed E-state index contributed by atoms with van der Waals surface area (Å²) in [4.78, 5) is 17.6. The Bertz CT molecular complexity index is 821. The molecule has 30 heavy (non-hydrogen) atoms. The fourth-order valence-corrected chi connectivity index (χ4v) is 5.66. The van der Waals surface area contributed by atoms with Crippen molar-refractivity contribution in [3.05, 3.63) is 16.2 Å². The number of halogens is 1. The molecular formula is C21H32ClN5O2S. The zero-order valence-electron chi connectivity index (χ0n) is 18.0. The van der Waals surface area contributed by atoms with E-state index in [4.69, 9.17) is 21.1 Å². The molecule has 4 rings (SSSR count). The van der Waals surface area contributed by atoms with Crippen molar-refractivity contribution in [2.45, 2.75) is 19.4 Å². The molecule has 4 heterocycles. The van der Waals surface area contributed by atoms with Gasteiger partial charge in [-0.2, -0.15) is 4.98 Å². The summed E-state index contributed by atoms with van der Waals surface area (Å²) in [5, 5.41) is 0.326. The molecule has 0 aliphatic carbocycles. The molecule has 0 radical (unpaired) electrons. The van der Waals surface area contributed by atoms with Gasteiger partial charge in [0.15, 0.2) is 5.82 Å². The van der Waals surface area contributed by atoms with E-state index in [1.807, 2.05) is 11.3 Å². The number of thiophene rings is 1. The number of nitrogens with zero attached hydrogens (tertiary/aromatic N) is 5. The summed E-state index contributed by atoms with van der Waals surface area (Å²) in [5.74, 6) is 1.74. The van der Waals surface area contributed by atoms with Crippen LogP contribution in [0.1, 0.15) is 17.7 Å². The largest absolute Gasteiger partial charge is 0.383 e. The van der Waals surface area contributed by atoms with E-state index >= 15 is 0 Å².